The number of thiazole rings is 1. The minimum absolute atomic E-state index is 0.108. The van der Waals surface area contributed by atoms with Crippen molar-refractivity contribution in [3.8, 4) is 28.3 Å². The molecular weight excluding hydrogens is 677 g/mol. The van der Waals surface area contributed by atoms with E-state index in [4.69, 9.17) is 37.9 Å². The number of pyridine rings is 2. The van der Waals surface area contributed by atoms with Crippen molar-refractivity contribution in [2.75, 3.05) is 25.5 Å². The smallest absolute Gasteiger partial charge is 0.220 e. The molecule has 5 aromatic rings. The van der Waals surface area contributed by atoms with E-state index in [9.17, 15) is 4.79 Å². The van der Waals surface area contributed by atoms with Gasteiger partial charge in [-0.25, -0.2) is 15.0 Å². The summed E-state index contributed by atoms with van der Waals surface area (Å²) in [4.78, 5) is 28.6. The van der Waals surface area contributed by atoms with Gasteiger partial charge >= 0.3 is 0 Å². The number of hydrogen-bond donors (Lipinski definition) is 3. The first-order chi connectivity index (χ1) is 23.8. The molecule has 0 bridgehead atoms. The zero-order valence-corrected chi connectivity index (χ0v) is 30.1. The Morgan fingerprint density at radius 1 is 1.06 bits per heavy atom. The molecule has 2 unspecified atom stereocenters. The minimum Gasteiger partial charge on any atom is -0.481 e. The quantitative estimate of drug-likeness (QED) is 0.126. The summed E-state index contributed by atoms with van der Waals surface area (Å²) in [5.41, 5.74) is 6.61. The number of benzene rings is 2. The van der Waals surface area contributed by atoms with E-state index in [1.165, 1.54) is 12.8 Å². The molecule has 2 aromatic carbocycles. The second kappa shape index (κ2) is 14.6. The molecule has 5 heterocycles. The summed E-state index contributed by atoms with van der Waals surface area (Å²) in [6.45, 7) is 7.55. The molecule has 2 fully saturated rings. The Labute approximate surface area is 300 Å². The van der Waals surface area contributed by atoms with Gasteiger partial charge < -0.3 is 20.7 Å². The standard InChI is InChI=1S/C37H39Cl2N7O2S/c1-21-17-29(44-37(48-3)27(21)19-40-18-23-12-13-31(47)42-23)26-10-4-8-24(33(26)38)25-9-5-11-28(34(25)39)43-36-35-30(14-15-41-36)49-32(45-35)20-46-16-6-7-22(46)2/h4-5,8-11,14-15,17,22-23,40H,6-7,12-13,16,18-20H2,1-3H3,(H,41,43)(H,42,47). The van der Waals surface area contributed by atoms with Gasteiger partial charge in [-0.3, -0.25) is 9.69 Å². The van der Waals surface area contributed by atoms with Crippen molar-refractivity contribution in [1.29, 1.82) is 0 Å². The maximum Gasteiger partial charge on any atom is 0.220 e. The van der Waals surface area contributed by atoms with Crippen molar-refractivity contribution in [2.45, 2.75) is 64.7 Å². The third kappa shape index (κ3) is 7.11. The molecule has 1 amide bonds. The number of halogens is 2. The second-order valence-electron chi connectivity index (χ2n) is 12.8. The lowest BCUT2D eigenvalue weighted by Gasteiger charge is -2.18. The molecule has 12 heteroatoms. The van der Waals surface area contributed by atoms with E-state index in [1.807, 2.05) is 61.7 Å². The molecule has 49 heavy (non-hydrogen) atoms. The number of aromatic nitrogens is 3. The molecule has 0 radical (unpaired) electrons. The number of carbonyl (C=O) groups is 1. The fraction of sp³-hybridized carbons (Fsp3) is 0.351. The number of hydrogen-bond acceptors (Lipinski definition) is 9. The summed E-state index contributed by atoms with van der Waals surface area (Å²) >= 11 is 16.0. The normalized spacial score (nSPS) is 17.9. The van der Waals surface area contributed by atoms with E-state index in [1.54, 1.807) is 18.4 Å². The Morgan fingerprint density at radius 3 is 2.61 bits per heavy atom. The molecule has 0 aliphatic carbocycles. The maximum absolute atomic E-state index is 11.6. The number of aryl methyl sites for hydroxylation is 1. The van der Waals surface area contributed by atoms with E-state index in [-0.39, 0.29) is 11.9 Å². The highest BCUT2D eigenvalue weighted by Crippen LogP contribution is 2.43. The number of fused-ring (bicyclic) bond motifs is 1. The Balaban J connectivity index is 1.14. The Bertz CT molecular complexity index is 2020. The molecule has 3 N–H and O–H groups in total. The van der Waals surface area contributed by atoms with Crippen LogP contribution in [0.15, 0.2) is 54.7 Å². The number of carbonyl (C=O) groups excluding carboxylic acids is 1. The third-order valence-corrected chi connectivity index (χ3v) is 11.3. The van der Waals surface area contributed by atoms with Crippen LogP contribution in [0, 0.1) is 6.92 Å². The number of amides is 1. The predicted molar refractivity (Wildman–Crippen MR) is 199 cm³/mol. The molecule has 2 saturated heterocycles. The highest BCUT2D eigenvalue weighted by Gasteiger charge is 2.23. The third-order valence-electron chi connectivity index (χ3n) is 9.48. The van der Waals surface area contributed by atoms with Gasteiger partial charge in [0.1, 0.15) is 10.5 Å². The van der Waals surface area contributed by atoms with Gasteiger partial charge in [-0.1, -0.05) is 53.5 Å². The first-order valence-electron chi connectivity index (χ1n) is 16.7. The van der Waals surface area contributed by atoms with Crippen LogP contribution in [0.25, 0.3) is 32.6 Å². The number of anilines is 2. The van der Waals surface area contributed by atoms with Gasteiger partial charge in [-0.2, -0.15) is 0 Å². The lowest BCUT2D eigenvalue weighted by molar-refractivity contribution is -0.119. The predicted octanol–water partition coefficient (Wildman–Crippen LogP) is 8.14. The molecule has 2 atom stereocenters. The van der Waals surface area contributed by atoms with E-state index >= 15 is 0 Å². The van der Waals surface area contributed by atoms with E-state index in [2.05, 4.69) is 32.8 Å². The summed E-state index contributed by atoms with van der Waals surface area (Å²) in [7, 11) is 1.62. The number of methoxy groups -OCH3 is 1. The molecule has 2 aliphatic rings. The van der Waals surface area contributed by atoms with Gasteiger partial charge in [0.05, 0.1) is 39.8 Å². The average Bonchev–Trinajstić information content (AvgIpc) is 3.83. The van der Waals surface area contributed by atoms with E-state index in [0.717, 1.165) is 62.6 Å². The van der Waals surface area contributed by atoms with E-state index < -0.39 is 0 Å². The topological polar surface area (TPSA) is 104 Å². The molecule has 9 nitrogen and oxygen atoms in total. The number of rotatable bonds is 11. The summed E-state index contributed by atoms with van der Waals surface area (Å²) in [5.74, 6) is 1.31. The lowest BCUT2D eigenvalue weighted by atomic mass is 9.99. The zero-order chi connectivity index (χ0) is 34.1. The molecule has 254 valence electrons. The van der Waals surface area contributed by atoms with Crippen molar-refractivity contribution in [2.24, 2.45) is 0 Å². The van der Waals surface area contributed by atoms with Gasteiger partial charge in [0.2, 0.25) is 11.8 Å². The summed E-state index contributed by atoms with van der Waals surface area (Å²) in [6.07, 6.45) is 5.70. The highest BCUT2D eigenvalue weighted by atomic mass is 35.5. The van der Waals surface area contributed by atoms with Crippen LogP contribution in [0.5, 0.6) is 5.88 Å². The Hall–Kier alpha value is -3.80. The van der Waals surface area contributed by atoms with Crippen LogP contribution in [0.4, 0.5) is 11.5 Å². The molecule has 2 aliphatic heterocycles. The second-order valence-corrected chi connectivity index (χ2v) is 14.7. The van der Waals surface area contributed by atoms with Crippen LogP contribution in [0.1, 0.15) is 48.7 Å². The van der Waals surface area contributed by atoms with Crippen molar-refractivity contribution in [3.63, 3.8) is 0 Å². The lowest BCUT2D eigenvalue weighted by Crippen LogP contribution is -2.35. The summed E-state index contributed by atoms with van der Waals surface area (Å²) in [6, 6.07) is 16.5. The molecular formula is C37H39Cl2N7O2S. The maximum atomic E-state index is 11.6. The number of likely N-dealkylation sites (tertiary alicyclic amines) is 1. The zero-order valence-electron chi connectivity index (χ0n) is 27.8. The van der Waals surface area contributed by atoms with Crippen LogP contribution in [-0.4, -0.2) is 58.0 Å². The fourth-order valence-corrected chi connectivity index (χ4v) is 8.35. The van der Waals surface area contributed by atoms with Crippen LogP contribution < -0.4 is 20.7 Å². The highest BCUT2D eigenvalue weighted by molar-refractivity contribution is 7.18. The van der Waals surface area contributed by atoms with Gasteiger partial charge in [0, 0.05) is 60.0 Å². The number of nitrogens with one attached hydrogen (secondary N) is 3. The van der Waals surface area contributed by atoms with Crippen LogP contribution in [0.2, 0.25) is 10.0 Å². The van der Waals surface area contributed by atoms with Crippen molar-refractivity contribution in [1.82, 2.24) is 30.5 Å². The molecule has 3 aromatic heterocycles. The molecule has 0 saturated carbocycles. The first-order valence-corrected chi connectivity index (χ1v) is 18.2. The van der Waals surface area contributed by atoms with Crippen molar-refractivity contribution in [3.05, 3.63) is 80.9 Å². The molecule has 7 rings (SSSR count). The van der Waals surface area contributed by atoms with Crippen LogP contribution in [0.3, 0.4) is 0 Å². The van der Waals surface area contributed by atoms with Gasteiger partial charge in [0.15, 0.2) is 5.82 Å². The first kappa shape index (κ1) is 33.7. The largest absolute Gasteiger partial charge is 0.481 e. The Kier molecular flexibility index (Phi) is 10.0. The van der Waals surface area contributed by atoms with Gasteiger partial charge in [0.25, 0.3) is 0 Å². The fourth-order valence-electron chi connectivity index (χ4n) is 6.76. The Morgan fingerprint density at radius 2 is 1.86 bits per heavy atom. The SMILES string of the molecule is COc1nc(-c2cccc(-c3cccc(Nc4nccc5sc(CN6CCCC6C)nc45)c3Cl)c2Cl)cc(C)c1CNCC1CCC(=O)N1. The number of ether oxygens (including phenoxy) is 1. The van der Waals surface area contributed by atoms with Crippen LogP contribution >= 0.6 is 34.5 Å². The molecule has 0 spiro atoms. The number of nitrogens with zero attached hydrogens (tertiary/aromatic N) is 4. The van der Waals surface area contributed by atoms with Crippen molar-refractivity contribution >= 4 is 62.2 Å². The minimum atomic E-state index is 0.108. The van der Waals surface area contributed by atoms with Crippen molar-refractivity contribution < 1.29 is 9.53 Å². The van der Waals surface area contributed by atoms with Gasteiger partial charge in [-0.15, -0.1) is 11.3 Å². The van der Waals surface area contributed by atoms with Crippen LogP contribution in [-0.2, 0) is 17.9 Å². The summed E-state index contributed by atoms with van der Waals surface area (Å²) in [5, 5.41) is 12.1. The summed E-state index contributed by atoms with van der Waals surface area (Å²) < 4.78 is 6.83. The van der Waals surface area contributed by atoms with Gasteiger partial charge in [-0.05, 0) is 63.4 Å². The van der Waals surface area contributed by atoms with E-state index in [0.29, 0.717) is 58.7 Å². The average molecular weight is 717 g/mol. The monoisotopic (exact) mass is 715 g/mol.